The second kappa shape index (κ2) is 7.38. The lowest BCUT2D eigenvalue weighted by atomic mass is 10.2. The number of amides is 2. The van der Waals surface area contributed by atoms with Crippen LogP contribution in [0.15, 0.2) is 53.6 Å². The van der Waals surface area contributed by atoms with Crippen molar-refractivity contribution in [3.05, 3.63) is 64.7 Å². The van der Waals surface area contributed by atoms with E-state index in [2.05, 4.69) is 15.8 Å². The molecule has 0 saturated heterocycles. The summed E-state index contributed by atoms with van der Waals surface area (Å²) in [5, 5.41) is 7.14. The number of hydrazone groups is 1. The first kappa shape index (κ1) is 15.7. The van der Waals surface area contributed by atoms with Crippen LogP contribution in [0.4, 0.5) is 5.69 Å². The third-order valence-corrected chi connectivity index (χ3v) is 2.95. The largest absolute Gasteiger partial charge is 0.326 e. The van der Waals surface area contributed by atoms with Crippen molar-refractivity contribution in [2.24, 2.45) is 5.10 Å². The second-order valence-electron chi connectivity index (χ2n) is 4.51. The van der Waals surface area contributed by atoms with Crippen LogP contribution in [0.2, 0.25) is 5.02 Å². The number of anilines is 1. The zero-order valence-corrected chi connectivity index (χ0v) is 12.6. The number of halogens is 1. The van der Waals surface area contributed by atoms with Gasteiger partial charge in [-0.2, -0.15) is 5.10 Å². The first-order chi connectivity index (χ1) is 10.5. The Kier molecular flexibility index (Phi) is 5.27. The van der Waals surface area contributed by atoms with E-state index < -0.39 is 0 Å². The third kappa shape index (κ3) is 4.71. The summed E-state index contributed by atoms with van der Waals surface area (Å²) in [6.07, 6.45) is 1.52. The summed E-state index contributed by atoms with van der Waals surface area (Å²) in [5.41, 5.74) is 4.20. The summed E-state index contributed by atoms with van der Waals surface area (Å²) in [6, 6.07) is 13.7. The highest BCUT2D eigenvalue weighted by Gasteiger charge is 2.05. The molecule has 0 heterocycles. The lowest BCUT2D eigenvalue weighted by Crippen LogP contribution is -2.18. The number of nitrogens with zero attached hydrogens (tertiary/aromatic N) is 1. The van der Waals surface area contributed by atoms with Crippen molar-refractivity contribution in [2.45, 2.75) is 6.92 Å². The summed E-state index contributed by atoms with van der Waals surface area (Å²) in [6.45, 7) is 1.41. The first-order valence-electron chi connectivity index (χ1n) is 6.51. The number of hydrogen-bond acceptors (Lipinski definition) is 3. The predicted molar refractivity (Wildman–Crippen MR) is 87.3 cm³/mol. The van der Waals surface area contributed by atoms with E-state index in [4.69, 9.17) is 11.6 Å². The fourth-order valence-corrected chi connectivity index (χ4v) is 1.85. The molecule has 2 aromatic rings. The van der Waals surface area contributed by atoms with Gasteiger partial charge in [0.05, 0.1) is 6.21 Å². The Hall–Kier alpha value is -2.66. The molecular formula is C16H14ClN3O2. The Morgan fingerprint density at radius 1 is 1.14 bits per heavy atom. The van der Waals surface area contributed by atoms with Crippen molar-refractivity contribution in [3.8, 4) is 0 Å². The molecular weight excluding hydrogens is 302 g/mol. The molecule has 2 aromatic carbocycles. The Labute approximate surface area is 133 Å². The topological polar surface area (TPSA) is 70.6 Å². The van der Waals surface area contributed by atoms with E-state index in [0.29, 0.717) is 16.3 Å². The van der Waals surface area contributed by atoms with Gasteiger partial charge < -0.3 is 5.32 Å². The summed E-state index contributed by atoms with van der Waals surface area (Å²) in [5.74, 6) is -0.560. The number of nitrogens with one attached hydrogen (secondary N) is 2. The van der Waals surface area contributed by atoms with Crippen molar-refractivity contribution in [2.75, 3.05) is 5.32 Å². The van der Waals surface area contributed by atoms with Crippen molar-refractivity contribution >= 4 is 35.3 Å². The van der Waals surface area contributed by atoms with Gasteiger partial charge in [0.25, 0.3) is 5.91 Å². The molecule has 5 nitrogen and oxygen atoms in total. The maximum absolute atomic E-state index is 12.0. The van der Waals surface area contributed by atoms with E-state index in [9.17, 15) is 9.59 Å². The molecule has 0 aliphatic rings. The zero-order valence-electron chi connectivity index (χ0n) is 11.8. The van der Waals surface area contributed by atoms with Crippen LogP contribution >= 0.6 is 11.6 Å². The van der Waals surface area contributed by atoms with Gasteiger partial charge in [0.15, 0.2) is 0 Å². The van der Waals surface area contributed by atoms with Crippen molar-refractivity contribution in [1.82, 2.24) is 5.43 Å². The molecule has 22 heavy (non-hydrogen) atoms. The molecule has 0 bridgehead atoms. The fraction of sp³-hybridized carbons (Fsp3) is 0.0625. The molecule has 2 rings (SSSR count). The van der Waals surface area contributed by atoms with Crippen molar-refractivity contribution < 1.29 is 9.59 Å². The van der Waals surface area contributed by atoms with Crippen LogP contribution in [0.25, 0.3) is 0 Å². The monoisotopic (exact) mass is 315 g/mol. The van der Waals surface area contributed by atoms with Crippen molar-refractivity contribution in [1.29, 1.82) is 0 Å². The number of benzene rings is 2. The molecule has 0 spiro atoms. The number of carbonyl (C=O) groups excluding carboxylic acids is 2. The smallest absolute Gasteiger partial charge is 0.271 e. The van der Waals surface area contributed by atoms with Gasteiger partial charge in [0.2, 0.25) is 5.91 Å². The maximum Gasteiger partial charge on any atom is 0.271 e. The van der Waals surface area contributed by atoms with Gasteiger partial charge in [-0.25, -0.2) is 5.43 Å². The highest BCUT2D eigenvalue weighted by atomic mass is 35.5. The van der Waals surface area contributed by atoms with Gasteiger partial charge in [0.1, 0.15) is 0 Å². The predicted octanol–water partition coefficient (Wildman–Crippen LogP) is 3.06. The SMILES string of the molecule is CC(=O)Nc1cccc(C(=O)N/N=C\c2ccc(Cl)cc2)c1. The van der Waals surface area contributed by atoms with Crippen LogP contribution in [0.5, 0.6) is 0 Å². The van der Waals surface area contributed by atoms with Gasteiger partial charge in [0, 0.05) is 23.2 Å². The molecule has 112 valence electrons. The molecule has 0 fully saturated rings. The van der Waals surface area contributed by atoms with Gasteiger partial charge in [-0.15, -0.1) is 0 Å². The molecule has 0 aliphatic carbocycles. The minimum atomic E-state index is -0.364. The van der Waals surface area contributed by atoms with Crippen LogP contribution in [0.3, 0.4) is 0 Å². The molecule has 2 amide bonds. The standard InChI is InChI=1S/C16H14ClN3O2/c1-11(21)19-15-4-2-3-13(9-15)16(22)20-18-10-12-5-7-14(17)8-6-12/h2-10H,1H3,(H,19,21)(H,20,22)/b18-10-. The van der Waals surface area contributed by atoms with Crippen LogP contribution in [-0.2, 0) is 4.79 Å². The Morgan fingerprint density at radius 2 is 1.86 bits per heavy atom. The highest BCUT2D eigenvalue weighted by Crippen LogP contribution is 2.10. The molecule has 0 saturated carbocycles. The Morgan fingerprint density at radius 3 is 2.55 bits per heavy atom. The molecule has 0 radical (unpaired) electrons. The van der Waals surface area contributed by atoms with Gasteiger partial charge in [-0.05, 0) is 35.9 Å². The summed E-state index contributed by atoms with van der Waals surface area (Å²) >= 11 is 5.78. The van der Waals surface area contributed by atoms with Gasteiger partial charge in [-0.3, -0.25) is 9.59 Å². The van der Waals surface area contributed by atoms with E-state index in [1.54, 1.807) is 48.5 Å². The number of hydrogen-bond donors (Lipinski definition) is 2. The second-order valence-corrected chi connectivity index (χ2v) is 4.95. The molecule has 2 N–H and O–H groups in total. The maximum atomic E-state index is 12.0. The van der Waals surface area contributed by atoms with E-state index in [1.807, 2.05) is 0 Å². The summed E-state index contributed by atoms with van der Waals surface area (Å²) in [4.78, 5) is 23.0. The van der Waals surface area contributed by atoms with E-state index in [0.717, 1.165) is 5.56 Å². The van der Waals surface area contributed by atoms with Crippen LogP contribution in [0, 0.1) is 0 Å². The van der Waals surface area contributed by atoms with E-state index >= 15 is 0 Å². The van der Waals surface area contributed by atoms with Gasteiger partial charge >= 0.3 is 0 Å². The van der Waals surface area contributed by atoms with Crippen molar-refractivity contribution in [3.63, 3.8) is 0 Å². The molecule has 0 atom stereocenters. The lowest BCUT2D eigenvalue weighted by molar-refractivity contribution is -0.114. The highest BCUT2D eigenvalue weighted by molar-refractivity contribution is 6.30. The average Bonchev–Trinajstić information content (AvgIpc) is 2.49. The average molecular weight is 316 g/mol. The molecule has 0 aromatic heterocycles. The Bertz CT molecular complexity index is 712. The summed E-state index contributed by atoms with van der Waals surface area (Å²) < 4.78 is 0. The number of carbonyl (C=O) groups is 2. The van der Waals surface area contributed by atoms with E-state index in [-0.39, 0.29) is 11.8 Å². The van der Waals surface area contributed by atoms with E-state index in [1.165, 1.54) is 13.1 Å². The summed E-state index contributed by atoms with van der Waals surface area (Å²) in [7, 11) is 0. The molecule has 0 unspecified atom stereocenters. The zero-order chi connectivity index (χ0) is 15.9. The number of rotatable bonds is 4. The van der Waals surface area contributed by atoms with Crippen LogP contribution in [0.1, 0.15) is 22.8 Å². The molecule has 0 aliphatic heterocycles. The third-order valence-electron chi connectivity index (χ3n) is 2.69. The molecule has 6 heteroatoms. The quantitative estimate of drug-likeness (QED) is 0.672. The minimum absolute atomic E-state index is 0.196. The minimum Gasteiger partial charge on any atom is -0.326 e. The Balaban J connectivity index is 2.00. The van der Waals surface area contributed by atoms with Crippen LogP contribution in [-0.4, -0.2) is 18.0 Å². The first-order valence-corrected chi connectivity index (χ1v) is 6.89. The fourth-order valence-electron chi connectivity index (χ4n) is 1.72. The lowest BCUT2D eigenvalue weighted by Gasteiger charge is -2.04. The van der Waals surface area contributed by atoms with Crippen LogP contribution < -0.4 is 10.7 Å². The van der Waals surface area contributed by atoms with Gasteiger partial charge in [-0.1, -0.05) is 29.8 Å². The normalized spacial score (nSPS) is 10.5.